The van der Waals surface area contributed by atoms with Crippen molar-refractivity contribution in [1.29, 1.82) is 0 Å². The maximum Gasteiger partial charge on any atom is 0.141 e. The molecule has 0 aliphatic heterocycles. The summed E-state index contributed by atoms with van der Waals surface area (Å²) in [7, 11) is 3.08. The number of ketones is 1. The monoisotopic (exact) mass is 228 g/mol. The molecule has 0 saturated carbocycles. The Kier molecular flexibility index (Phi) is 3.97. The van der Waals surface area contributed by atoms with Crippen LogP contribution in [0.4, 0.5) is 0 Å². The van der Waals surface area contributed by atoms with Crippen LogP contribution in [-0.4, -0.2) is 20.0 Å². The van der Waals surface area contributed by atoms with Gasteiger partial charge in [-0.2, -0.15) is 0 Å². The molecule has 15 heavy (non-hydrogen) atoms. The molecule has 0 aliphatic carbocycles. The van der Waals surface area contributed by atoms with Gasteiger partial charge in [-0.3, -0.25) is 4.79 Å². The highest BCUT2D eigenvalue weighted by Gasteiger charge is 2.10. The summed E-state index contributed by atoms with van der Waals surface area (Å²) in [5, 5.41) is 0.481. The van der Waals surface area contributed by atoms with Gasteiger partial charge in [0, 0.05) is 18.1 Å². The van der Waals surface area contributed by atoms with Crippen LogP contribution in [0.25, 0.3) is 0 Å². The summed E-state index contributed by atoms with van der Waals surface area (Å²) in [4.78, 5) is 11.0. The van der Waals surface area contributed by atoms with Crippen molar-refractivity contribution in [2.75, 3.05) is 14.2 Å². The zero-order valence-electron chi connectivity index (χ0n) is 8.96. The van der Waals surface area contributed by atoms with E-state index in [4.69, 9.17) is 21.1 Å². The average molecular weight is 229 g/mol. The molecule has 0 bridgehead atoms. The number of methoxy groups -OCH3 is 2. The maximum absolute atomic E-state index is 11.0. The number of hydrogen-bond donors (Lipinski definition) is 0. The van der Waals surface area contributed by atoms with Crippen LogP contribution >= 0.6 is 11.6 Å². The predicted molar refractivity (Wildman–Crippen MR) is 58.9 cm³/mol. The number of rotatable bonds is 4. The zero-order chi connectivity index (χ0) is 11.4. The third kappa shape index (κ3) is 2.86. The Balaban J connectivity index is 3.15. The second-order valence-electron chi connectivity index (χ2n) is 3.18. The third-order valence-electron chi connectivity index (χ3n) is 1.99. The lowest BCUT2D eigenvalue weighted by Crippen LogP contribution is -2.00. The molecule has 0 saturated heterocycles. The summed E-state index contributed by atoms with van der Waals surface area (Å²) in [6.45, 7) is 1.53. The number of carbonyl (C=O) groups excluding carboxylic acids is 1. The highest BCUT2D eigenvalue weighted by Crippen LogP contribution is 2.32. The van der Waals surface area contributed by atoms with Gasteiger partial charge in [0.15, 0.2) is 0 Å². The van der Waals surface area contributed by atoms with Gasteiger partial charge in [-0.25, -0.2) is 0 Å². The molecular weight excluding hydrogens is 216 g/mol. The summed E-state index contributed by atoms with van der Waals surface area (Å²) >= 11 is 5.95. The quantitative estimate of drug-likeness (QED) is 0.794. The summed E-state index contributed by atoms with van der Waals surface area (Å²) in [5.41, 5.74) is 0.774. The average Bonchev–Trinajstić information content (AvgIpc) is 2.17. The van der Waals surface area contributed by atoms with Crippen LogP contribution in [0.5, 0.6) is 11.5 Å². The number of halogens is 1. The molecule has 0 unspecified atom stereocenters. The van der Waals surface area contributed by atoms with Crippen molar-refractivity contribution >= 4 is 17.4 Å². The first kappa shape index (κ1) is 11.9. The molecule has 0 fully saturated rings. The Morgan fingerprint density at radius 2 is 1.87 bits per heavy atom. The molecule has 0 aliphatic rings. The van der Waals surface area contributed by atoms with Crippen LogP contribution in [0.3, 0.4) is 0 Å². The molecule has 0 aromatic heterocycles. The maximum atomic E-state index is 11.0. The Labute approximate surface area is 93.9 Å². The van der Waals surface area contributed by atoms with E-state index in [0.717, 1.165) is 5.56 Å². The van der Waals surface area contributed by atoms with Crippen LogP contribution in [0.1, 0.15) is 12.5 Å². The first-order valence-corrected chi connectivity index (χ1v) is 4.86. The van der Waals surface area contributed by atoms with Crippen molar-refractivity contribution in [2.45, 2.75) is 13.3 Å². The van der Waals surface area contributed by atoms with Crippen LogP contribution in [0, 0.1) is 0 Å². The molecule has 0 N–H and O–H groups in total. The van der Waals surface area contributed by atoms with Crippen LogP contribution < -0.4 is 9.47 Å². The van der Waals surface area contributed by atoms with E-state index in [1.54, 1.807) is 19.2 Å². The van der Waals surface area contributed by atoms with E-state index in [1.165, 1.54) is 14.0 Å². The normalized spacial score (nSPS) is 9.87. The molecule has 0 atom stereocenters. The lowest BCUT2D eigenvalue weighted by atomic mass is 10.1. The summed E-state index contributed by atoms with van der Waals surface area (Å²) in [6.07, 6.45) is 0.312. The van der Waals surface area contributed by atoms with Crippen molar-refractivity contribution < 1.29 is 14.3 Å². The first-order chi connectivity index (χ1) is 7.08. The minimum atomic E-state index is 0.0644. The Morgan fingerprint density at radius 1 is 1.27 bits per heavy atom. The Hall–Kier alpha value is -1.22. The van der Waals surface area contributed by atoms with Crippen LogP contribution in [0.2, 0.25) is 5.02 Å². The van der Waals surface area contributed by atoms with Crippen molar-refractivity contribution in [3.05, 3.63) is 22.7 Å². The van der Waals surface area contributed by atoms with Crippen molar-refractivity contribution in [3.8, 4) is 11.5 Å². The van der Waals surface area contributed by atoms with E-state index in [1.807, 2.05) is 0 Å². The van der Waals surface area contributed by atoms with E-state index in [9.17, 15) is 4.79 Å². The largest absolute Gasteiger partial charge is 0.496 e. The van der Waals surface area contributed by atoms with Gasteiger partial charge < -0.3 is 9.47 Å². The minimum Gasteiger partial charge on any atom is -0.496 e. The number of ether oxygens (including phenoxy) is 2. The van der Waals surface area contributed by atoms with E-state index in [-0.39, 0.29) is 5.78 Å². The number of Topliss-reactive ketones (excluding diaryl/α,β-unsaturated/α-hetero) is 1. The van der Waals surface area contributed by atoms with E-state index in [2.05, 4.69) is 0 Å². The SMILES string of the molecule is COc1cc(OC)c(CC(C)=O)cc1Cl. The molecule has 1 rings (SSSR count). The van der Waals surface area contributed by atoms with Gasteiger partial charge in [0.1, 0.15) is 17.3 Å². The van der Waals surface area contributed by atoms with Crippen LogP contribution in [-0.2, 0) is 11.2 Å². The van der Waals surface area contributed by atoms with Gasteiger partial charge in [0.25, 0.3) is 0 Å². The lowest BCUT2D eigenvalue weighted by Gasteiger charge is -2.10. The van der Waals surface area contributed by atoms with Gasteiger partial charge in [0.2, 0.25) is 0 Å². The molecule has 0 spiro atoms. The zero-order valence-corrected chi connectivity index (χ0v) is 9.72. The van der Waals surface area contributed by atoms with Gasteiger partial charge in [-0.05, 0) is 13.0 Å². The molecule has 3 nitrogen and oxygen atoms in total. The molecule has 1 aromatic carbocycles. The van der Waals surface area contributed by atoms with Gasteiger partial charge >= 0.3 is 0 Å². The summed E-state index contributed by atoms with van der Waals surface area (Å²) < 4.78 is 10.2. The molecule has 0 radical (unpaired) electrons. The van der Waals surface area contributed by atoms with Crippen molar-refractivity contribution in [3.63, 3.8) is 0 Å². The Morgan fingerprint density at radius 3 is 2.33 bits per heavy atom. The van der Waals surface area contributed by atoms with E-state index in [0.29, 0.717) is 22.9 Å². The predicted octanol–water partition coefficient (Wildman–Crippen LogP) is 2.49. The summed E-state index contributed by atoms with van der Waals surface area (Å²) in [6, 6.07) is 3.38. The van der Waals surface area contributed by atoms with E-state index < -0.39 is 0 Å². The Bertz CT molecular complexity index is 374. The van der Waals surface area contributed by atoms with Gasteiger partial charge in [-0.1, -0.05) is 11.6 Å². The van der Waals surface area contributed by atoms with Crippen LogP contribution in [0.15, 0.2) is 12.1 Å². The molecule has 4 heteroatoms. The number of carbonyl (C=O) groups is 1. The molecule has 0 amide bonds. The van der Waals surface area contributed by atoms with Gasteiger partial charge in [-0.15, -0.1) is 0 Å². The molecule has 1 aromatic rings. The highest BCUT2D eigenvalue weighted by atomic mass is 35.5. The highest BCUT2D eigenvalue weighted by molar-refractivity contribution is 6.32. The summed E-state index contributed by atoms with van der Waals surface area (Å²) in [5.74, 6) is 1.22. The first-order valence-electron chi connectivity index (χ1n) is 4.48. The smallest absolute Gasteiger partial charge is 0.141 e. The van der Waals surface area contributed by atoms with Crippen molar-refractivity contribution in [2.24, 2.45) is 0 Å². The molecule has 0 heterocycles. The molecular formula is C11H13ClO3. The molecule has 82 valence electrons. The fourth-order valence-electron chi connectivity index (χ4n) is 1.33. The number of hydrogen-bond acceptors (Lipinski definition) is 3. The standard InChI is InChI=1S/C11H13ClO3/c1-7(13)4-8-5-9(12)11(15-3)6-10(8)14-2/h5-6H,4H2,1-3H3. The number of benzene rings is 1. The fourth-order valence-corrected chi connectivity index (χ4v) is 1.59. The minimum absolute atomic E-state index is 0.0644. The fraction of sp³-hybridized carbons (Fsp3) is 0.364. The third-order valence-corrected chi connectivity index (χ3v) is 2.29. The van der Waals surface area contributed by atoms with Crippen molar-refractivity contribution in [1.82, 2.24) is 0 Å². The lowest BCUT2D eigenvalue weighted by molar-refractivity contribution is -0.116. The van der Waals surface area contributed by atoms with E-state index >= 15 is 0 Å². The second-order valence-corrected chi connectivity index (χ2v) is 3.58. The topological polar surface area (TPSA) is 35.5 Å². The van der Waals surface area contributed by atoms with Gasteiger partial charge in [0.05, 0.1) is 19.2 Å². The second kappa shape index (κ2) is 5.03.